The van der Waals surface area contributed by atoms with Crippen LogP contribution in [0, 0.1) is 6.92 Å². The molecule has 0 atom stereocenters. The van der Waals surface area contributed by atoms with Crippen LogP contribution >= 0.6 is 0 Å². The molecular formula is C16H24O6. The Morgan fingerprint density at radius 3 is 1.91 bits per heavy atom. The van der Waals surface area contributed by atoms with Crippen molar-refractivity contribution in [3.63, 3.8) is 0 Å². The summed E-state index contributed by atoms with van der Waals surface area (Å²) in [6.07, 6.45) is 0. The number of carbonyl (C=O) groups is 1. The van der Waals surface area contributed by atoms with Crippen LogP contribution in [-0.2, 0) is 18.9 Å². The van der Waals surface area contributed by atoms with Gasteiger partial charge in [-0.15, -0.1) is 0 Å². The molecule has 124 valence electrons. The van der Waals surface area contributed by atoms with Gasteiger partial charge in [0.1, 0.15) is 6.61 Å². The number of carbonyl (C=O) groups excluding carboxylic acids is 1. The fourth-order valence-corrected chi connectivity index (χ4v) is 1.57. The molecular weight excluding hydrogens is 288 g/mol. The van der Waals surface area contributed by atoms with E-state index in [-0.39, 0.29) is 19.2 Å². The quantitative estimate of drug-likeness (QED) is 0.462. The van der Waals surface area contributed by atoms with Gasteiger partial charge in [-0.05, 0) is 19.1 Å². The van der Waals surface area contributed by atoms with Crippen molar-refractivity contribution in [3.8, 4) is 0 Å². The second kappa shape index (κ2) is 12.1. The number of ether oxygens (including phenoxy) is 4. The molecule has 0 aliphatic heterocycles. The van der Waals surface area contributed by atoms with E-state index < -0.39 is 0 Å². The van der Waals surface area contributed by atoms with Crippen LogP contribution in [0.1, 0.15) is 15.9 Å². The minimum absolute atomic E-state index is 0.0183. The molecule has 1 aromatic carbocycles. The maximum Gasteiger partial charge on any atom is 0.338 e. The number of hydrogen-bond donors (Lipinski definition) is 1. The molecule has 0 radical (unpaired) electrons. The zero-order chi connectivity index (χ0) is 16.0. The third-order valence-corrected chi connectivity index (χ3v) is 2.73. The van der Waals surface area contributed by atoms with Gasteiger partial charge in [-0.1, -0.05) is 17.7 Å². The number of rotatable bonds is 12. The normalized spacial score (nSPS) is 10.6. The van der Waals surface area contributed by atoms with Gasteiger partial charge < -0.3 is 24.1 Å². The Kier molecular flexibility index (Phi) is 10.2. The molecule has 6 heteroatoms. The highest BCUT2D eigenvalue weighted by molar-refractivity contribution is 5.89. The number of aryl methyl sites for hydroxylation is 1. The van der Waals surface area contributed by atoms with Crippen LogP contribution in [0.15, 0.2) is 24.3 Å². The summed E-state index contributed by atoms with van der Waals surface area (Å²) in [5.41, 5.74) is 1.64. The molecule has 0 saturated carbocycles. The molecule has 0 bridgehead atoms. The highest BCUT2D eigenvalue weighted by atomic mass is 16.6. The van der Waals surface area contributed by atoms with Gasteiger partial charge in [0, 0.05) is 0 Å². The van der Waals surface area contributed by atoms with Crippen LogP contribution < -0.4 is 0 Å². The smallest absolute Gasteiger partial charge is 0.338 e. The van der Waals surface area contributed by atoms with Crippen molar-refractivity contribution in [3.05, 3.63) is 35.4 Å². The Balaban J connectivity index is 1.93. The number of aliphatic hydroxyl groups excluding tert-OH is 1. The summed E-state index contributed by atoms with van der Waals surface area (Å²) in [5, 5.41) is 8.49. The molecule has 0 aliphatic carbocycles. The molecule has 0 fully saturated rings. The number of aliphatic hydroxyl groups is 1. The van der Waals surface area contributed by atoms with E-state index in [1.165, 1.54) is 0 Å². The van der Waals surface area contributed by atoms with Crippen LogP contribution in [0.4, 0.5) is 0 Å². The zero-order valence-corrected chi connectivity index (χ0v) is 13.0. The Morgan fingerprint density at radius 2 is 1.36 bits per heavy atom. The summed E-state index contributed by atoms with van der Waals surface area (Å²) < 4.78 is 20.7. The Morgan fingerprint density at radius 1 is 0.864 bits per heavy atom. The van der Waals surface area contributed by atoms with Crippen molar-refractivity contribution in [2.75, 3.05) is 52.9 Å². The lowest BCUT2D eigenvalue weighted by atomic mass is 10.1. The molecule has 0 amide bonds. The van der Waals surface area contributed by atoms with Crippen molar-refractivity contribution in [2.24, 2.45) is 0 Å². The zero-order valence-electron chi connectivity index (χ0n) is 13.0. The topological polar surface area (TPSA) is 74.2 Å². The third-order valence-electron chi connectivity index (χ3n) is 2.73. The fraction of sp³-hybridized carbons (Fsp3) is 0.562. The largest absolute Gasteiger partial charge is 0.460 e. The molecule has 0 spiro atoms. The third kappa shape index (κ3) is 8.74. The SMILES string of the molecule is Cc1ccc(C(=O)OCCOCCOCCOCCO)cc1. The standard InChI is InChI=1S/C16H24O6/c1-14-2-4-15(5-3-14)16(18)22-13-12-21-11-10-20-9-8-19-7-6-17/h2-5,17H,6-13H2,1H3. The van der Waals surface area contributed by atoms with Gasteiger partial charge in [0.25, 0.3) is 0 Å². The molecule has 22 heavy (non-hydrogen) atoms. The summed E-state index contributed by atoms with van der Waals surface area (Å²) in [6.45, 7) is 4.66. The fourth-order valence-electron chi connectivity index (χ4n) is 1.57. The van der Waals surface area contributed by atoms with E-state index in [1.54, 1.807) is 12.1 Å². The predicted molar refractivity (Wildman–Crippen MR) is 81.0 cm³/mol. The first-order chi connectivity index (χ1) is 10.7. The van der Waals surface area contributed by atoms with Gasteiger partial charge in [0.2, 0.25) is 0 Å². The van der Waals surface area contributed by atoms with Crippen LogP contribution in [0.5, 0.6) is 0 Å². The molecule has 0 saturated heterocycles. The molecule has 0 aliphatic rings. The first-order valence-corrected chi connectivity index (χ1v) is 7.32. The highest BCUT2D eigenvalue weighted by Crippen LogP contribution is 2.04. The predicted octanol–water partition coefficient (Wildman–Crippen LogP) is 1.19. The van der Waals surface area contributed by atoms with Gasteiger partial charge in [0.15, 0.2) is 0 Å². The van der Waals surface area contributed by atoms with Crippen molar-refractivity contribution in [1.82, 2.24) is 0 Å². The first-order valence-electron chi connectivity index (χ1n) is 7.32. The minimum atomic E-state index is -0.346. The van der Waals surface area contributed by atoms with Gasteiger partial charge in [-0.3, -0.25) is 0 Å². The number of esters is 1. The van der Waals surface area contributed by atoms with Gasteiger partial charge >= 0.3 is 5.97 Å². The summed E-state index contributed by atoms with van der Waals surface area (Å²) in [7, 11) is 0. The Bertz CT molecular complexity index is 404. The second-order valence-corrected chi connectivity index (χ2v) is 4.56. The van der Waals surface area contributed by atoms with E-state index in [1.807, 2.05) is 19.1 Å². The molecule has 0 heterocycles. The van der Waals surface area contributed by atoms with Crippen LogP contribution in [0.25, 0.3) is 0 Å². The van der Waals surface area contributed by atoms with E-state index >= 15 is 0 Å². The maximum atomic E-state index is 11.7. The van der Waals surface area contributed by atoms with Crippen molar-refractivity contribution in [2.45, 2.75) is 6.92 Å². The van der Waals surface area contributed by atoms with Crippen molar-refractivity contribution >= 4 is 5.97 Å². The maximum absolute atomic E-state index is 11.7. The lowest BCUT2D eigenvalue weighted by molar-refractivity contribution is -0.00313. The average Bonchev–Trinajstić information content (AvgIpc) is 2.53. The molecule has 1 rings (SSSR count). The first kappa shape index (κ1) is 18.6. The lowest BCUT2D eigenvalue weighted by Gasteiger charge is -2.07. The summed E-state index contributed by atoms with van der Waals surface area (Å²) in [5.74, 6) is -0.346. The van der Waals surface area contributed by atoms with Crippen LogP contribution in [-0.4, -0.2) is 63.9 Å². The van der Waals surface area contributed by atoms with E-state index in [4.69, 9.17) is 24.1 Å². The van der Waals surface area contributed by atoms with Crippen LogP contribution in [0.3, 0.4) is 0 Å². The summed E-state index contributed by atoms with van der Waals surface area (Å²) >= 11 is 0. The van der Waals surface area contributed by atoms with E-state index in [9.17, 15) is 4.79 Å². The number of hydrogen-bond acceptors (Lipinski definition) is 6. The minimum Gasteiger partial charge on any atom is -0.460 e. The van der Waals surface area contributed by atoms with Gasteiger partial charge in [0.05, 0.1) is 51.8 Å². The van der Waals surface area contributed by atoms with Gasteiger partial charge in [-0.25, -0.2) is 4.79 Å². The van der Waals surface area contributed by atoms with E-state index in [0.717, 1.165) is 5.56 Å². The highest BCUT2D eigenvalue weighted by Gasteiger charge is 2.05. The molecule has 0 unspecified atom stereocenters. The molecule has 0 aromatic heterocycles. The van der Waals surface area contributed by atoms with Crippen molar-refractivity contribution in [1.29, 1.82) is 0 Å². The second-order valence-electron chi connectivity index (χ2n) is 4.56. The molecule has 6 nitrogen and oxygen atoms in total. The van der Waals surface area contributed by atoms with Crippen molar-refractivity contribution < 1.29 is 28.8 Å². The average molecular weight is 312 g/mol. The Hall–Kier alpha value is -1.47. The summed E-state index contributed by atoms with van der Waals surface area (Å²) in [4.78, 5) is 11.7. The Labute approximate surface area is 130 Å². The van der Waals surface area contributed by atoms with Crippen LogP contribution in [0.2, 0.25) is 0 Å². The molecule has 1 N–H and O–H groups in total. The molecule has 1 aromatic rings. The van der Waals surface area contributed by atoms with E-state index in [2.05, 4.69) is 0 Å². The monoisotopic (exact) mass is 312 g/mol. The summed E-state index contributed by atoms with van der Waals surface area (Å²) in [6, 6.07) is 7.22. The lowest BCUT2D eigenvalue weighted by Crippen LogP contribution is -2.14. The van der Waals surface area contributed by atoms with Gasteiger partial charge in [-0.2, -0.15) is 0 Å². The van der Waals surface area contributed by atoms with E-state index in [0.29, 0.717) is 45.2 Å². The number of benzene rings is 1.